The number of aromatic nitrogens is 3. The van der Waals surface area contributed by atoms with Gasteiger partial charge in [0.25, 0.3) is 0 Å². The number of carbonyl (C=O) groups is 2. The average molecular weight is 487 g/mol. The van der Waals surface area contributed by atoms with Crippen LogP contribution in [0.4, 0.5) is 5.69 Å². The Morgan fingerprint density at radius 2 is 1.83 bits per heavy atom. The van der Waals surface area contributed by atoms with E-state index in [1.54, 1.807) is 0 Å². The molecule has 2 saturated carbocycles. The van der Waals surface area contributed by atoms with Gasteiger partial charge in [-0.2, -0.15) is 5.10 Å². The summed E-state index contributed by atoms with van der Waals surface area (Å²) in [7, 11) is 0. The molecule has 2 heterocycles. The van der Waals surface area contributed by atoms with E-state index in [9.17, 15) is 9.59 Å². The van der Waals surface area contributed by atoms with Crippen molar-refractivity contribution in [3.8, 4) is 5.82 Å². The van der Waals surface area contributed by atoms with Gasteiger partial charge in [-0.25, -0.2) is 9.67 Å². The summed E-state index contributed by atoms with van der Waals surface area (Å²) in [5, 5.41) is 17.0. The van der Waals surface area contributed by atoms with Crippen LogP contribution in [0.2, 0.25) is 0 Å². The average Bonchev–Trinajstić information content (AvgIpc) is 3.58. The predicted molar refractivity (Wildman–Crippen MR) is 138 cm³/mol. The highest BCUT2D eigenvalue weighted by Gasteiger charge is 2.41. The molecule has 188 valence electrons. The zero-order chi connectivity index (χ0) is 25.3. The van der Waals surface area contributed by atoms with Gasteiger partial charge in [0.1, 0.15) is 0 Å². The van der Waals surface area contributed by atoms with E-state index >= 15 is 0 Å². The maximum absolute atomic E-state index is 12.5. The lowest BCUT2D eigenvalue weighted by molar-refractivity contribution is -0.137. The van der Waals surface area contributed by atoms with Gasteiger partial charge in [-0.3, -0.25) is 9.59 Å². The van der Waals surface area contributed by atoms with E-state index < -0.39 is 5.97 Å². The van der Waals surface area contributed by atoms with Crippen molar-refractivity contribution < 1.29 is 14.7 Å². The van der Waals surface area contributed by atoms with Crippen molar-refractivity contribution in [2.45, 2.75) is 70.8 Å². The summed E-state index contributed by atoms with van der Waals surface area (Å²) >= 11 is 0. The molecule has 0 radical (unpaired) electrons. The van der Waals surface area contributed by atoms with Gasteiger partial charge in [0, 0.05) is 24.6 Å². The molecule has 7 heteroatoms. The van der Waals surface area contributed by atoms with Crippen molar-refractivity contribution in [1.82, 2.24) is 14.8 Å². The van der Waals surface area contributed by atoms with Crippen LogP contribution in [0.5, 0.6) is 0 Å². The molecular formula is C29H34N4O3. The van der Waals surface area contributed by atoms with E-state index in [0.717, 1.165) is 29.9 Å². The van der Waals surface area contributed by atoms with Crippen molar-refractivity contribution in [3.05, 3.63) is 71.7 Å². The van der Waals surface area contributed by atoms with Gasteiger partial charge in [0.05, 0.1) is 24.1 Å². The number of nitrogens with one attached hydrogen (secondary N) is 1. The van der Waals surface area contributed by atoms with Gasteiger partial charge in [-0.05, 0) is 72.6 Å². The van der Waals surface area contributed by atoms with Crippen LogP contribution in [0.3, 0.4) is 0 Å². The van der Waals surface area contributed by atoms with E-state index in [4.69, 9.17) is 5.11 Å². The third-order valence-corrected chi connectivity index (χ3v) is 7.44. The van der Waals surface area contributed by atoms with E-state index in [0.29, 0.717) is 29.2 Å². The Labute approximate surface area is 212 Å². The second-order valence-electron chi connectivity index (χ2n) is 11.1. The number of hydrogen-bond acceptors (Lipinski definition) is 5. The molecule has 1 atom stereocenters. The number of carboxylic acid groups (broad SMARTS) is 1. The molecule has 7 nitrogen and oxygen atoms in total. The number of rotatable bonds is 11. The Kier molecular flexibility index (Phi) is 6.65. The zero-order valence-electron chi connectivity index (χ0n) is 21.0. The molecule has 0 bridgehead atoms. The van der Waals surface area contributed by atoms with Crippen molar-refractivity contribution in [2.24, 2.45) is 11.3 Å². The van der Waals surface area contributed by atoms with Crippen molar-refractivity contribution in [3.63, 3.8) is 0 Å². The van der Waals surface area contributed by atoms with Crippen LogP contribution in [0, 0.1) is 11.3 Å². The van der Waals surface area contributed by atoms with Crippen LogP contribution in [0.25, 0.3) is 5.82 Å². The van der Waals surface area contributed by atoms with Gasteiger partial charge >= 0.3 is 5.97 Å². The van der Waals surface area contributed by atoms with Gasteiger partial charge < -0.3 is 10.4 Å². The second kappa shape index (κ2) is 9.88. The lowest BCUT2D eigenvalue weighted by Crippen LogP contribution is -2.38. The lowest BCUT2D eigenvalue weighted by atomic mass is 9.61. The molecule has 1 aromatic carbocycles. The maximum Gasteiger partial charge on any atom is 0.303 e. The first-order valence-electron chi connectivity index (χ1n) is 12.9. The van der Waals surface area contributed by atoms with Crippen LogP contribution in [-0.2, 0) is 4.79 Å². The Balaban J connectivity index is 1.28. The number of ketones is 1. The van der Waals surface area contributed by atoms with Crippen molar-refractivity contribution >= 4 is 17.4 Å². The van der Waals surface area contributed by atoms with E-state index in [1.165, 1.54) is 18.4 Å². The quantitative estimate of drug-likeness (QED) is 0.315. The van der Waals surface area contributed by atoms with Gasteiger partial charge in [0.15, 0.2) is 11.6 Å². The number of carboxylic acids is 1. The Bertz CT molecular complexity index is 1220. The van der Waals surface area contributed by atoms with Crippen LogP contribution < -0.4 is 5.32 Å². The molecule has 0 saturated heterocycles. The minimum Gasteiger partial charge on any atom is -0.481 e. The first-order valence-corrected chi connectivity index (χ1v) is 12.9. The highest BCUT2D eigenvalue weighted by atomic mass is 16.4. The molecular weight excluding hydrogens is 452 g/mol. The Morgan fingerprint density at radius 1 is 1.08 bits per heavy atom. The number of aliphatic carboxylic acids is 1. The number of Topliss-reactive ketones (excluding diaryl/α,β-unsaturated/α-hetero) is 1. The first kappa shape index (κ1) is 24.2. The summed E-state index contributed by atoms with van der Waals surface area (Å²) in [5.74, 6) is 1.08. The largest absolute Gasteiger partial charge is 0.481 e. The van der Waals surface area contributed by atoms with E-state index in [1.807, 2.05) is 47.4 Å². The molecule has 0 spiro atoms. The molecule has 2 aromatic heterocycles. The van der Waals surface area contributed by atoms with E-state index in [2.05, 4.69) is 41.5 Å². The van der Waals surface area contributed by atoms with E-state index in [-0.39, 0.29) is 24.7 Å². The minimum absolute atomic E-state index is 0.0136. The molecule has 2 aliphatic carbocycles. The van der Waals surface area contributed by atoms with Crippen molar-refractivity contribution in [1.29, 1.82) is 0 Å². The standard InChI is InChI=1S/C29H34N4O3/c1-29(2)14-22(15-29)28(21-10-8-20(9-11-21)25(34)4-3-5-27(35)36)32-24-12-13-26(30-17-24)33-18-23(16-31-33)19-6-7-19/h8-13,16-19,22,28,32H,3-7,14-15H2,1-2H3,(H,35,36)/t28-/m1/s1. The van der Waals surface area contributed by atoms with Crippen LogP contribution in [0.1, 0.15) is 92.2 Å². The monoisotopic (exact) mass is 486 g/mol. The molecule has 5 rings (SSSR count). The van der Waals surface area contributed by atoms with Crippen LogP contribution >= 0.6 is 0 Å². The molecule has 2 fully saturated rings. The number of anilines is 1. The predicted octanol–water partition coefficient (Wildman–Crippen LogP) is 6.17. The lowest BCUT2D eigenvalue weighted by Gasteiger charge is -2.47. The third-order valence-electron chi connectivity index (χ3n) is 7.44. The SMILES string of the molecule is CC1(C)CC([C@H](Nc2ccc(-n3cc(C4CC4)cn3)nc2)c2ccc(C(=O)CCCC(=O)O)cc2)C1. The number of hydrogen-bond donors (Lipinski definition) is 2. The zero-order valence-corrected chi connectivity index (χ0v) is 21.0. The smallest absolute Gasteiger partial charge is 0.303 e. The maximum atomic E-state index is 12.5. The molecule has 0 unspecified atom stereocenters. The molecule has 0 aliphatic heterocycles. The molecule has 36 heavy (non-hydrogen) atoms. The fourth-order valence-corrected chi connectivity index (χ4v) is 5.37. The summed E-state index contributed by atoms with van der Waals surface area (Å²) in [6, 6.07) is 12.0. The summed E-state index contributed by atoms with van der Waals surface area (Å²) in [5.41, 5.74) is 4.36. The molecule has 2 aliphatic rings. The fraction of sp³-hybridized carbons (Fsp3) is 0.448. The number of carbonyl (C=O) groups excluding carboxylic acids is 1. The van der Waals surface area contributed by atoms with Gasteiger partial charge in [0.2, 0.25) is 0 Å². The normalized spacial score (nSPS) is 17.8. The fourth-order valence-electron chi connectivity index (χ4n) is 5.37. The summed E-state index contributed by atoms with van der Waals surface area (Å²) in [6.45, 7) is 4.60. The van der Waals surface area contributed by atoms with Gasteiger partial charge in [-0.1, -0.05) is 38.1 Å². The number of nitrogens with zero attached hydrogens (tertiary/aromatic N) is 3. The van der Waals surface area contributed by atoms with Gasteiger partial charge in [-0.15, -0.1) is 0 Å². The summed E-state index contributed by atoms with van der Waals surface area (Å²) in [4.78, 5) is 27.8. The van der Waals surface area contributed by atoms with Crippen LogP contribution in [-0.4, -0.2) is 31.6 Å². The van der Waals surface area contributed by atoms with Crippen molar-refractivity contribution in [2.75, 3.05) is 5.32 Å². The Morgan fingerprint density at radius 3 is 2.44 bits per heavy atom. The molecule has 2 N–H and O–H groups in total. The highest BCUT2D eigenvalue weighted by molar-refractivity contribution is 5.96. The minimum atomic E-state index is -0.870. The highest BCUT2D eigenvalue weighted by Crippen LogP contribution is 2.51. The molecule has 3 aromatic rings. The van der Waals surface area contributed by atoms with Crippen LogP contribution in [0.15, 0.2) is 55.0 Å². The Hall–Kier alpha value is -3.48. The summed E-state index contributed by atoms with van der Waals surface area (Å²) < 4.78 is 1.84. The topological polar surface area (TPSA) is 97.1 Å². The third kappa shape index (κ3) is 5.66. The number of benzene rings is 1. The number of pyridine rings is 1. The molecule has 0 amide bonds. The summed E-state index contributed by atoms with van der Waals surface area (Å²) in [6.07, 6.45) is 11.3. The first-order chi connectivity index (χ1) is 17.3. The second-order valence-corrected chi connectivity index (χ2v) is 11.1.